The number of benzene rings is 1. The Balaban J connectivity index is 2.59. The van der Waals surface area contributed by atoms with Gasteiger partial charge in [-0.1, -0.05) is 25.1 Å². The van der Waals surface area contributed by atoms with Crippen molar-refractivity contribution in [1.82, 2.24) is 5.32 Å². The summed E-state index contributed by atoms with van der Waals surface area (Å²) < 4.78 is 5.27. The predicted octanol–water partition coefficient (Wildman–Crippen LogP) is 1.69. The highest BCUT2D eigenvalue weighted by molar-refractivity contribution is 5.77. The molecule has 4 heteroatoms. The summed E-state index contributed by atoms with van der Waals surface area (Å²) in [6.07, 6.45) is -0.136. The Labute approximate surface area is 108 Å². The fourth-order valence-corrected chi connectivity index (χ4v) is 1.80. The van der Waals surface area contributed by atoms with Crippen molar-refractivity contribution in [2.24, 2.45) is 0 Å². The summed E-state index contributed by atoms with van der Waals surface area (Å²) in [5, 5.41) is 11.8. The molecule has 1 aromatic rings. The molecule has 4 nitrogen and oxygen atoms in total. The molecule has 0 saturated heterocycles. The van der Waals surface area contributed by atoms with Gasteiger partial charge in [0, 0.05) is 13.0 Å². The number of nitrogens with one attached hydrogen (secondary N) is 1. The molecule has 0 fully saturated rings. The largest absolute Gasteiger partial charge is 0.496 e. The summed E-state index contributed by atoms with van der Waals surface area (Å²) in [5.41, 5.74) is 1.02. The second kappa shape index (κ2) is 7.01. The third-order valence-electron chi connectivity index (χ3n) is 2.76. The van der Waals surface area contributed by atoms with Crippen molar-refractivity contribution in [2.45, 2.75) is 32.3 Å². The summed E-state index contributed by atoms with van der Waals surface area (Å²) >= 11 is 0. The zero-order valence-corrected chi connectivity index (χ0v) is 11.1. The second-order valence-electron chi connectivity index (χ2n) is 4.50. The van der Waals surface area contributed by atoms with E-state index >= 15 is 0 Å². The molecule has 0 saturated carbocycles. The van der Waals surface area contributed by atoms with Gasteiger partial charge in [-0.2, -0.15) is 0 Å². The first-order chi connectivity index (χ1) is 8.54. The highest BCUT2D eigenvalue weighted by Crippen LogP contribution is 2.28. The van der Waals surface area contributed by atoms with Gasteiger partial charge in [-0.15, -0.1) is 0 Å². The molecular weight excluding hydrogens is 230 g/mol. The first kappa shape index (κ1) is 14.5. The Bertz CT molecular complexity index is 390. The Kier molecular flexibility index (Phi) is 5.65. The number of ether oxygens (including phenoxy) is 1. The number of carbonyl (C=O) groups excluding carboxylic acids is 1. The highest BCUT2D eigenvalue weighted by Gasteiger charge is 2.14. The van der Waals surface area contributed by atoms with Gasteiger partial charge in [0.2, 0.25) is 5.91 Å². The van der Waals surface area contributed by atoms with E-state index in [9.17, 15) is 4.79 Å². The van der Waals surface area contributed by atoms with E-state index in [4.69, 9.17) is 9.84 Å². The van der Waals surface area contributed by atoms with Gasteiger partial charge >= 0.3 is 0 Å². The fraction of sp³-hybridized carbons (Fsp3) is 0.500. The molecule has 0 spiro atoms. The van der Waals surface area contributed by atoms with Crippen LogP contribution in [0.15, 0.2) is 24.3 Å². The van der Waals surface area contributed by atoms with Crippen LogP contribution in [-0.2, 0) is 4.79 Å². The Hall–Kier alpha value is -1.55. The lowest BCUT2D eigenvalue weighted by molar-refractivity contribution is -0.121. The van der Waals surface area contributed by atoms with E-state index < -0.39 is 6.10 Å². The van der Waals surface area contributed by atoms with Crippen molar-refractivity contribution in [1.29, 1.82) is 0 Å². The third-order valence-corrected chi connectivity index (χ3v) is 2.76. The van der Waals surface area contributed by atoms with Gasteiger partial charge in [-0.25, -0.2) is 0 Å². The van der Waals surface area contributed by atoms with Crippen molar-refractivity contribution in [3.63, 3.8) is 0 Å². The summed E-state index contributed by atoms with van der Waals surface area (Å²) in [6, 6.07) is 7.69. The number of aliphatic hydroxyl groups excluding tert-OH is 1. The van der Waals surface area contributed by atoms with Crippen molar-refractivity contribution >= 4 is 5.91 Å². The Morgan fingerprint density at radius 1 is 1.39 bits per heavy atom. The van der Waals surface area contributed by atoms with Gasteiger partial charge in [-0.05, 0) is 24.5 Å². The predicted molar refractivity (Wildman–Crippen MR) is 70.7 cm³/mol. The van der Waals surface area contributed by atoms with Crippen LogP contribution in [0.5, 0.6) is 5.75 Å². The van der Waals surface area contributed by atoms with E-state index in [1.54, 1.807) is 14.0 Å². The van der Waals surface area contributed by atoms with Crippen molar-refractivity contribution in [3.05, 3.63) is 29.8 Å². The normalized spacial score (nSPS) is 13.8. The van der Waals surface area contributed by atoms with Crippen LogP contribution >= 0.6 is 0 Å². The van der Waals surface area contributed by atoms with Crippen molar-refractivity contribution < 1.29 is 14.6 Å². The van der Waals surface area contributed by atoms with E-state index in [1.807, 2.05) is 31.2 Å². The summed E-state index contributed by atoms with van der Waals surface area (Å²) in [4.78, 5) is 11.7. The molecule has 0 radical (unpaired) electrons. The minimum absolute atomic E-state index is 0.0608. The lowest BCUT2D eigenvalue weighted by atomic mass is 9.96. The summed E-state index contributed by atoms with van der Waals surface area (Å²) in [7, 11) is 1.62. The molecule has 0 heterocycles. The van der Waals surface area contributed by atoms with Crippen LogP contribution in [0.1, 0.15) is 31.7 Å². The number of hydrogen-bond acceptors (Lipinski definition) is 3. The molecule has 2 N–H and O–H groups in total. The lowest BCUT2D eigenvalue weighted by Gasteiger charge is -2.15. The minimum atomic E-state index is -0.518. The maximum absolute atomic E-state index is 11.7. The molecule has 100 valence electrons. The molecule has 0 bridgehead atoms. The average molecular weight is 251 g/mol. The van der Waals surface area contributed by atoms with Gasteiger partial charge in [0.15, 0.2) is 0 Å². The van der Waals surface area contributed by atoms with E-state index in [1.165, 1.54) is 0 Å². The fourth-order valence-electron chi connectivity index (χ4n) is 1.80. The molecule has 0 aromatic heterocycles. The monoisotopic (exact) mass is 251 g/mol. The van der Waals surface area contributed by atoms with Gasteiger partial charge in [0.25, 0.3) is 0 Å². The summed E-state index contributed by atoms with van der Waals surface area (Å²) in [5.74, 6) is 0.817. The molecule has 0 aliphatic rings. The van der Waals surface area contributed by atoms with Gasteiger partial charge < -0.3 is 15.2 Å². The number of carbonyl (C=O) groups is 1. The van der Waals surface area contributed by atoms with E-state index in [0.29, 0.717) is 6.42 Å². The van der Waals surface area contributed by atoms with Crippen LogP contribution in [0.3, 0.4) is 0 Å². The SMILES string of the molecule is COc1ccccc1C(C)CC(=O)NCC(C)O. The maximum atomic E-state index is 11.7. The summed E-state index contributed by atoms with van der Waals surface area (Å²) in [6.45, 7) is 3.92. The van der Waals surface area contributed by atoms with Crippen LogP contribution in [0.25, 0.3) is 0 Å². The van der Waals surface area contributed by atoms with E-state index in [2.05, 4.69) is 5.32 Å². The Morgan fingerprint density at radius 2 is 2.06 bits per heavy atom. The van der Waals surface area contributed by atoms with Crippen LogP contribution in [-0.4, -0.2) is 30.8 Å². The first-order valence-corrected chi connectivity index (χ1v) is 6.12. The van der Waals surface area contributed by atoms with Crippen LogP contribution in [0.4, 0.5) is 0 Å². The number of hydrogen-bond donors (Lipinski definition) is 2. The standard InChI is InChI=1S/C14H21NO3/c1-10(8-14(17)15-9-11(2)16)12-6-4-5-7-13(12)18-3/h4-7,10-11,16H,8-9H2,1-3H3,(H,15,17). The lowest BCUT2D eigenvalue weighted by Crippen LogP contribution is -2.31. The topological polar surface area (TPSA) is 58.6 Å². The van der Waals surface area contributed by atoms with Crippen LogP contribution < -0.4 is 10.1 Å². The molecule has 1 rings (SSSR count). The molecular formula is C14H21NO3. The Morgan fingerprint density at radius 3 is 2.67 bits per heavy atom. The average Bonchev–Trinajstić information content (AvgIpc) is 2.36. The van der Waals surface area contributed by atoms with Gasteiger partial charge in [0.1, 0.15) is 5.75 Å². The van der Waals surface area contributed by atoms with Crippen LogP contribution in [0.2, 0.25) is 0 Å². The number of methoxy groups -OCH3 is 1. The molecule has 2 unspecified atom stereocenters. The first-order valence-electron chi connectivity index (χ1n) is 6.12. The van der Waals surface area contributed by atoms with Crippen LogP contribution in [0, 0.1) is 0 Å². The minimum Gasteiger partial charge on any atom is -0.496 e. The number of para-hydroxylation sites is 1. The molecule has 1 aromatic carbocycles. The maximum Gasteiger partial charge on any atom is 0.220 e. The van der Waals surface area contributed by atoms with Crippen molar-refractivity contribution in [2.75, 3.05) is 13.7 Å². The third kappa shape index (κ3) is 4.37. The number of amides is 1. The van der Waals surface area contributed by atoms with Crippen molar-refractivity contribution in [3.8, 4) is 5.75 Å². The number of rotatable bonds is 6. The molecule has 0 aliphatic heterocycles. The molecule has 2 atom stereocenters. The molecule has 18 heavy (non-hydrogen) atoms. The smallest absolute Gasteiger partial charge is 0.220 e. The number of aliphatic hydroxyl groups is 1. The molecule has 1 amide bonds. The highest BCUT2D eigenvalue weighted by atomic mass is 16.5. The molecule has 0 aliphatic carbocycles. The zero-order chi connectivity index (χ0) is 13.5. The van der Waals surface area contributed by atoms with Gasteiger partial charge in [0.05, 0.1) is 13.2 Å². The second-order valence-corrected chi connectivity index (χ2v) is 4.50. The van der Waals surface area contributed by atoms with E-state index in [0.717, 1.165) is 11.3 Å². The van der Waals surface area contributed by atoms with Gasteiger partial charge in [-0.3, -0.25) is 4.79 Å². The zero-order valence-electron chi connectivity index (χ0n) is 11.1. The quantitative estimate of drug-likeness (QED) is 0.809. The van der Waals surface area contributed by atoms with E-state index in [-0.39, 0.29) is 18.4 Å².